The summed E-state index contributed by atoms with van der Waals surface area (Å²) in [5.74, 6) is 7.37. The topological polar surface area (TPSA) is 63.8 Å². The van der Waals surface area contributed by atoms with Crippen molar-refractivity contribution in [3.05, 3.63) is 17.6 Å². The number of hydrazine groups is 1. The van der Waals surface area contributed by atoms with E-state index in [-0.39, 0.29) is 0 Å². The molecule has 0 aliphatic rings. The van der Waals surface area contributed by atoms with E-state index >= 15 is 0 Å². The number of nitrogens with one attached hydrogen (secondary N) is 1. The van der Waals surface area contributed by atoms with Gasteiger partial charge in [-0.15, -0.1) is 0 Å². The van der Waals surface area contributed by atoms with Gasteiger partial charge in [0, 0.05) is 18.2 Å². The molecule has 0 radical (unpaired) electrons. The van der Waals surface area contributed by atoms with E-state index in [4.69, 9.17) is 5.84 Å². The summed E-state index contributed by atoms with van der Waals surface area (Å²) in [5, 5.41) is 0. The normalized spacial score (nSPS) is 10.5. The first-order chi connectivity index (χ1) is 6.11. The molecular formula is C9H16N4. The van der Waals surface area contributed by atoms with Crippen molar-refractivity contribution in [2.24, 2.45) is 11.8 Å². The molecule has 3 N–H and O–H groups in total. The van der Waals surface area contributed by atoms with E-state index in [0.717, 1.165) is 17.9 Å². The predicted molar refractivity (Wildman–Crippen MR) is 53.1 cm³/mol. The van der Waals surface area contributed by atoms with Crippen LogP contribution in [0.2, 0.25) is 0 Å². The van der Waals surface area contributed by atoms with Crippen molar-refractivity contribution in [3.8, 4) is 0 Å². The minimum absolute atomic E-state index is 0.562. The Balaban J connectivity index is 2.88. The number of hydrogen-bond acceptors (Lipinski definition) is 4. The lowest BCUT2D eigenvalue weighted by Gasteiger charge is -2.06. The van der Waals surface area contributed by atoms with E-state index in [1.54, 1.807) is 0 Å². The van der Waals surface area contributed by atoms with Gasteiger partial charge in [0.2, 0.25) is 0 Å². The largest absolute Gasteiger partial charge is 0.308 e. The first-order valence-electron chi connectivity index (χ1n) is 4.43. The summed E-state index contributed by atoms with van der Waals surface area (Å²) in [4.78, 5) is 8.56. The lowest BCUT2D eigenvalue weighted by atomic mass is 10.1. The molecule has 1 heterocycles. The molecule has 0 amide bonds. The Hall–Kier alpha value is -1.16. The van der Waals surface area contributed by atoms with Crippen LogP contribution in [0.1, 0.15) is 25.4 Å². The molecule has 72 valence electrons. The Morgan fingerprint density at radius 1 is 1.46 bits per heavy atom. The zero-order valence-corrected chi connectivity index (χ0v) is 8.33. The van der Waals surface area contributed by atoms with E-state index < -0.39 is 0 Å². The Kier molecular flexibility index (Phi) is 3.19. The molecule has 0 aliphatic heterocycles. The zero-order chi connectivity index (χ0) is 9.84. The van der Waals surface area contributed by atoms with Gasteiger partial charge < -0.3 is 5.43 Å². The molecule has 0 aliphatic carbocycles. The molecule has 1 aromatic rings. The van der Waals surface area contributed by atoms with E-state index in [1.807, 2.05) is 13.0 Å². The minimum Gasteiger partial charge on any atom is -0.308 e. The maximum Gasteiger partial charge on any atom is 0.143 e. The summed E-state index contributed by atoms with van der Waals surface area (Å²) in [5.41, 5.74) is 3.47. The number of anilines is 1. The van der Waals surface area contributed by atoms with Crippen molar-refractivity contribution < 1.29 is 0 Å². The number of rotatable bonds is 3. The molecule has 0 unspecified atom stereocenters. The highest BCUT2D eigenvalue weighted by Crippen LogP contribution is 2.08. The molecule has 1 rings (SSSR count). The Morgan fingerprint density at radius 3 is 2.69 bits per heavy atom. The Bertz CT molecular complexity index is 283. The first kappa shape index (κ1) is 9.92. The Labute approximate surface area is 78.6 Å². The average Bonchev–Trinajstić information content (AvgIpc) is 2.01. The monoisotopic (exact) mass is 180 g/mol. The second kappa shape index (κ2) is 4.18. The molecule has 0 saturated carbocycles. The van der Waals surface area contributed by atoms with Crippen LogP contribution in [0.25, 0.3) is 0 Å². The highest BCUT2D eigenvalue weighted by atomic mass is 15.3. The molecular weight excluding hydrogens is 164 g/mol. The summed E-state index contributed by atoms with van der Waals surface area (Å²) in [6.07, 6.45) is 0.885. The van der Waals surface area contributed by atoms with Crippen LogP contribution in [0.4, 0.5) is 5.82 Å². The average molecular weight is 180 g/mol. The molecule has 0 spiro atoms. The summed E-state index contributed by atoms with van der Waals surface area (Å²) >= 11 is 0. The van der Waals surface area contributed by atoms with Crippen LogP contribution in [0.15, 0.2) is 6.07 Å². The van der Waals surface area contributed by atoms with Gasteiger partial charge in [-0.05, 0) is 12.8 Å². The number of aromatic nitrogens is 2. The predicted octanol–water partition coefficient (Wildman–Crippen LogP) is 1.27. The van der Waals surface area contributed by atoms with Gasteiger partial charge in [-0.25, -0.2) is 15.8 Å². The molecule has 0 saturated heterocycles. The summed E-state index contributed by atoms with van der Waals surface area (Å²) in [6.45, 7) is 6.22. The van der Waals surface area contributed by atoms with E-state index in [2.05, 4.69) is 29.2 Å². The standard InChI is InChI=1S/C9H16N4/c1-6(2)4-8-11-7(3)5-9(12-8)13-10/h5-6H,4,10H2,1-3H3,(H,11,12,13). The summed E-state index contributed by atoms with van der Waals surface area (Å²) < 4.78 is 0. The molecule has 1 aromatic heterocycles. The van der Waals surface area contributed by atoms with Gasteiger partial charge in [-0.2, -0.15) is 0 Å². The maximum absolute atomic E-state index is 5.28. The van der Waals surface area contributed by atoms with E-state index in [0.29, 0.717) is 11.7 Å². The molecule has 0 aromatic carbocycles. The SMILES string of the molecule is Cc1cc(NN)nc(CC(C)C)n1. The molecule has 4 nitrogen and oxygen atoms in total. The van der Waals surface area contributed by atoms with Crippen LogP contribution < -0.4 is 11.3 Å². The second-order valence-electron chi connectivity index (χ2n) is 3.55. The van der Waals surface area contributed by atoms with Crippen LogP contribution in [0, 0.1) is 12.8 Å². The van der Waals surface area contributed by atoms with Gasteiger partial charge in [0.05, 0.1) is 0 Å². The van der Waals surface area contributed by atoms with Gasteiger partial charge >= 0.3 is 0 Å². The van der Waals surface area contributed by atoms with Crippen LogP contribution >= 0.6 is 0 Å². The number of nitrogen functional groups attached to an aromatic ring is 1. The molecule has 0 bridgehead atoms. The third-order valence-corrected chi connectivity index (χ3v) is 1.64. The van der Waals surface area contributed by atoms with Gasteiger partial charge in [0.1, 0.15) is 11.6 Å². The quantitative estimate of drug-likeness (QED) is 0.543. The maximum atomic E-state index is 5.28. The van der Waals surface area contributed by atoms with E-state index in [9.17, 15) is 0 Å². The molecule has 0 fully saturated rings. The van der Waals surface area contributed by atoms with Crippen LogP contribution in [0.5, 0.6) is 0 Å². The smallest absolute Gasteiger partial charge is 0.143 e. The van der Waals surface area contributed by atoms with Crippen molar-refractivity contribution in [2.45, 2.75) is 27.2 Å². The van der Waals surface area contributed by atoms with Crippen molar-refractivity contribution in [3.63, 3.8) is 0 Å². The lowest BCUT2D eigenvalue weighted by molar-refractivity contribution is 0.619. The van der Waals surface area contributed by atoms with Crippen LogP contribution in [-0.4, -0.2) is 9.97 Å². The minimum atomic E-state index is 0.562. The Morgan fingerprint density at radius 2 is 2.15 bits per heavy atom. The molecule has 13 heavy (non-hydrogen) atoms. The third-order valence-electron chi connectivity index (χ3n) is 1.64. The zero-order valence-electron chi connectivity index (χ0n) is 8.33. The highest BCUT2D eigenvalue weighted by Gasteiger charge is 2.03. The highest BCUT2D eigenvalue weighted by molar-refractivity contribution is 5.33. The number of hydrogen-bond donors (Lipinski definition) is 2. The summed E-state index contributed by atoms with van der Waals surface area (Å²) in [7, 11) is 0. The number of aryl methyl sites for hydroxylation is 1. The van der Waals surface area contributed by atoms with Gasteiger partial charge in [-0.1, -0.05) is 13.8 Å². The number of nitrogens with two attached hydrogens (primary N) is 1. The van der Waals surface area contributed by atoms with Gasteiger partial charge in [-0.3, -0.25) is 0 Å². The van der Waals surface area contributed by atoms with E-state index in [1.165, 1.54) is 0 Å². The fraction of sp³-hybridized carbons (Fsp3) is 0.556. The van der Waals surface area contributed by atoms with Crippen molar-refractivity contribution >= 4 is 5.82 Å². The van der Waals surface area contributed by atoms with Crippen LogP contribution in [0.3, 0.4) is 0 Å². The number of nitrogens with zero attached hydrogens (tertiary/aromatic N) is 2. The first-order valence-corrected chi connectivity index (χ1v) is 4.43. The lowest BCUT2D eigenvalue weighted by Crippen LogP contribution is -2.11. The fourth-order valence-corrected chi connectivity index (χ4v) is 1.16. The summed E-state index contributed by atoms with van der Waals surface area (Å²) in [6, 6.07) is 1.82. The molecule has 0 atom stereocenters. The van der Waals surface area contributed by atoms with Crippen molar-refractivity contribution in [1.82, 2.24) is 9.97 Å². The van der Waals surface area contributed by atoms with Crippen molar-refractivity contribution in [1.29, 1.82) is 0 Å². The molecule has 4 heteroatoms. The van der Waals surface area contributed by atoms with Crippen LogP contribution in [-0.2, 0) is 6.42 Å². The third kappa shape index (κ3) is 2.99. The second-order valence-corrected chi connectivity index (χ2v) is 3.55. The van der Waals surface area contributed by atoms with Crippen molar-refractivity contribution in [2.75, 3.05) is 5.43 Å². The van der Waals surface area contributed by atoms with Gasteiger partial charge in [0.25, 0.3) is 0 Å². The van der Waals surface area contributed by atoms with Gasteiger partial charge in [0.15, 0.2) is 0 Å². The fourth-order valence-electron chi connectivity index (χ4n) is 1.16.